The highest BCUT2D eigenvalue weighted by Gasteiger charge is 2.37. The number of benzene rings is 1. The predicted molar refractivity (Wildman–Crippen MR) is 146 cm³/mol. The Bertz CT molecular complexity index is 864. The van der Waals surface area contributed by atoms with Crippen LogP contribution in [-0.2, 0) is 14.3 Å². The highest BCUT2D eigenvalue weighted by Crippen LogP contribution is 2.30. The van der Waals surface area contributed by atoms with Gasteiger partial charge in [-0.15, -0.1) is 0 Å². The van der Waals surface area contributed by atoms with Gasteiger partial charge in [0.05, 0.1) is 0 Å². The molecule has 0 aliphatic heterocycles. The lowest BCUT2D eigenvalue weighted by Crippen LogP contribution is -2.55. The number of aromatic hydroxyl groups is 1. The molecule has 1 rings (SSSR count). The van der Waals surface area contributed by atoms with Crippen LogP contribution in [0.3, 0.4) is 0 Å². The number of unbranched alkanes of at least 4 members (excludes halogenated alkanes) is 4. The summed E-state index contributed by atoms with van der Waals surface area (Å²) in [7, 11) is 0. The lowest BCUT2D eigenvalue weighted by molar-refractivity contribution is -0.142. The van der Waals surface area contributed by atoms with E-state index in [1.165, 1.54) is 11.0 Å². The molecule has 3 amide bonds. The zero-order valence-corrected chi connectivity index (χ0v) is 23.8. The second kappa shape index (κ2) is 14.4. The molecule has 0 bridgehead atoms. The summed E-state index contributed by atoms with van der Waals surface area (Å²) in [5.74, 6) is -0.957. The van der Waals surface area contributed by atoms with Crippen LogP contribution < -0.4 is 10.6 Å². The zero-order chi connectivity index (χ0) is 27.5. The van der Waals surface area contributed by atoms with Gasteiger partial charge in [0.25, 0.3) is 0 Å². The van der Waals surface area contributed by atoms with Crippen molar-refractivity contribution in [3.8, 4) is 5.75 Å². The Kier molecular flexibility index (Phi) is 12.6. The van der Waals surface area contributed by atoms with Gasteiger partial charge in [-0.05, 0) is 54.0 Å². The molecule has 0 aliphatic carbocycles. The molecule has 0 saturated carbocycles. The molecule has 36 heavy (non-hydrogen) atoms. The largest absolute Gasteiger partial charge is 0.508 e. The first-order valence-electron chi connectivity index (χ1n) is 12.7. The van der Waals surface area contributed by atoms with E-state index in [1.54, 1.807) is 39.0 Å². The number of para-hydroxylation sites is 1. The van der Waals surface area contributed by atoms with Crippen LogP contribution in [0.2, 0.25) is 0 Å². The number of carbonyl (C=O) groups excluding carboxylic acids is 3. The van der Waals surface area contributed by atoms with Crippen molar-refractivity contribution >= 4 is 30.5 Å². The number of nitrogens with one attached hydrogen (secondary N) is 2. The molecule has 1 aromatic carbocycles. The summed E-state index contributed by atoms with van der Waals surface area (Å²) in [6, 6.07) is 4.39. The van der Waals surface area contributed by atoms with Gasteiger partial charge < -0.3 is 25.4 Å². The maximum atomic E-state index is 13.8. The van der Waals surface area contributed by atoms with E-state index in [-0.39, 0.29) is 18.0 Å². The molecule has 0 radical (unpaired) electrons. The average molecular weight is 524 g/mol. The molecule has 9 heteroatoms. The Hall–Kier alpha value is -2.42. The second-order valence-corrected chi connectivity index (χ2v) is 11.4. The molecule has 0 heterocycles. The van der Waals surface area contributed by atoms with Gasteiger partial charge in [0.1, 0.15) is 23.4 Å². The molecule has 0 fully saturated rings. The van der Waals surface area contributed by atoms with Crippen molar-refractivity contribution in [2.45, 2.75) is 104 Å². The summed E-state index contributed by atoms with van der Waals surface area (Å²) >= 11 is 4.30. The quantitative estimate of drug-likeness (QED) is 0.229. The normalized spacial score (nSPS) is 13.4. The fraction of sp³-hybridized carbons (Fsp3) is 0.667. The van der Waals surface area contributed by atoms with E-state index in [9.17, 15) is 19.5 Å². The number of alkyl carbamates (subject to hydrolysis) is 1. The van der Waals surface area contributed by atoms with Crippen LogP contribution in [0.5, 0.6) is 5.75 Å². The number of phenolic OH excluding ortho intramolecular Hbond substituents is 1. The predicted octanol–water partition coefficient (Wildman–Crippen LogP) is 4.97. The molecule has 2 atom stereocenters. The first-order valence-corrected chi connectivity index (χ1v) is 13.3. The molecule has 0 spiro atoms. The van der Waals surface area contributed by atoms with Crippen molar-refractivity contribution < 1.29 is 24.2 Å². The van der Waals surface area contributed by atoms with Crippen molar-refractivity contribution in [1.82, 2.24) is 15.5 Å². The van der Waals surface area contributed by atoms with Crippen molar-refractivity contribution in [3.63, 3.8) is 0 Å². The number of nitrogens with zero attached hydrogens (tertiary/aromatic N) is 1. The van der Waals surface area contributed by atoms with Crippen LogP contribution in [-0.4, -0.2) is 57.4 Å². The van der Waals surface area contributed by atoms with Crippen molar-refractivity contribution in [2.24, 2.45) is 0 Å². The molecule has 0 aromatic heterocycles. The van der Waals surface area contributed by atoms with Gasteiger partial charge in [0.15, 0.2) is 0 Å². The van der Waals surface area contributed by atoms with Gasteiger partial charge in [0, 0.05) is 23.4 Å². The minimum atomic E-state index is -1.09. The number of rotatable bonds is 12. The van der Waals surface area contributed by atoms with Gasteiger partial charge in [-0.25, -0.2) is 4.79 Å². The lowest BCUT2D eigenvalue weighted by Gasteiger charge is -2.36. The van der Waals surface area contributed by atoms with Crippen LogP contribution in [0.1, 0.15) is 92.2 Å². The Morgan fingerprint density at radius 3 is 2.17 bits per heavy atom. The molecular formula is C27H45N3O5S. The van der Waals surface area contributed by atoms with Gasteiger partial charge in [-0.2, -0.15) is 12.6 Å². The fourth-order valence-electron chi connectivity index (χ4n) is 3.70. The standard InChI is InChI=1S/C27H45N3O5S/c1-8-9-10-11-14-17-30(24(33)20(18-36)28-25(34)35-27(5,6)7)22(23(32)29-26(2,3)4)19-15-12-13-16-21(19)31/h12-13,15-16,20,22,31,36H,8-11,14,17-18H2,1-7H3,(H,28,34)(H,29,32). The summed E-state index contributed by atoms with van der Waals surface area (Å²) in [5, 5.41) is 16.2. The van der Waals surface area contributed by atoms with Crippen LogP contribution in [0.15, 0.2) is 24.3 Å². The topological polar surface area (TPSA) is 108 Å². The maximum Gasteiger partial charge on any atom is 0.408 e. The number of carbonyl (C=O) groups is 3. The lowest BCUT2D eigenvalue weighted by atomic mass is 9.99. The number of ether oxygens (including phenoxy) is 1. The van der Waals surface area contributed by atoms with Gasteiger partial charge in [-0.3, -0.25) is 9.59 Å². The van der Waals surface area contributed by atoms with Crippen molar-refractivity contribution in [2.75, 3.05) is 12.3 Å². The van der Waals surface area contributed by atoms with E-state index in [4.69, 9.17) is 4.74 Å². The Morgan fingerprint density at radius 1 is 1.03 bits per heavy atom. The third-order valence-corrected chi connectivity index (χ3v) is 5.61. The van der Waals surface area contributed by atoms with E-state index in [0.29, 0.717) is 12.0 Å². The highest BCUT2D eigenvalue weighted by atomic mass is 32.1. The number of hydrogen-bond acceptors (Lipinski definition) is 6. The Morgan fingerprint density at radius 2 is 1.64 bits per heavy atom. The molecule has 2 unspecified atom stereocenters. The molecule has 0 aliphatic rings. The van der Waals surface area contributed by atoms with Crippen LogP contribution in [0.4, 0.5) is 4.79 Å². The molecule has 204 valence electrons. The van der Waals surface area contributed by atoms with E-state index in [1.807, 2.05) is 20.8 Å². The molecule has 0 saturated heterocycles. The highest BCUT2D eigenvalue weighted by molar-refractivity contribution is 7.80. The first kappa shape index (κ1) is 31.6. The number of thiol groups is 1. The summed E-state index contributed by atoms with van der Waals surface area (Å²) in [6.45, 7) is 13.2. The first-order chi connectivity index (χ1) is 16.7. The van der Waals surface area contributed by atoms with Crippen molar-refractivity contribution in [1.29, 1.82) is 0 Å². The molecule has 3 N–H and O–H groups in total. The summed E-state index contributed by atoms with van der Waals surface area (Å²) < 4.78 is 5.33. The van der Waals surface area contributed by atoms with Crippen molar-refractivity contribution in [3.05, 3.63) is 29.8 Å². The molecule has 1 aromatic rings. The maximum absolute atomic E-state index is 13.8. The minimum Gasteiger partial charge on any atom is -0.508 e. The van der Waals surface area contributed by atoms with Crippen LogP contribution >= 0.6 is 12.6 Å². The van der Waals surface area contributed by atoms with Crippen LogP contribution in [0.25, 0.3) is 0 Å². The molecular weight excluding hydrogens is 478 g/mol. The Labute approximate surface area is 222 Å². The number of amides is 3. The average Bonchev–Trinajstić information content (AvgIpc) is 2.74. The summed E-state index contributed by atoms with van der Waals surface area (Å²) in [6.07, 6.45) is 4.00. The summed E-state index contributed by atoms with van der Waals surface area (Å²) in [4.78, 5) is 41.3. The third kappa shape index (κ3) is 11.1. The Balaban J connectivity index is 3.40. The van der Waals surface area contributed by atoms with Gasteiger partial charge in [0.2, 0.25) is 11.8 Å². The van der Waals surface area contributed by atoms with Gasteiger partial charge >= 0.3 is 6.09 Å². The van der Waals surface area contributed by atoms with E-state index < -0.39 is 41.1 Å². The SMILES string of the molecule is CCCCCCCN(C(=O)C(CS)NC(=O)OC(C)(C)C)C(C(=O)NC(C)(C)C)c1ccccc1O. The fourth-order valence-corrected chi connectivity index (χ4v) is 3.94. The second-order valence-electron chi connectivity index (χ2n) is 11.0. The van der Waals surface area contributed by atoms with Gasteiger partial charge in [-0.1, -0.05) is 50.8 Å². The van der Waals surface area contributed by atoms with E-state index in [2.05, 4.69) is 30.2 Å². The smallest absolute Gasteiger partial charge is 0.408 e. The van der Waals surface area contributed by atoms with Crippen LogP contribution in [0, 0.1) is 0 Å². The number of phenols is 1. The minimum absolute atomic E-state index is 0.0127. The third-order valence-electron chi connectivity index (χ3n) is 5.25. The molecule has 8 nitrogen and oxygen atoms in total. The monoisotopic (exact) mass is 523 g/mol. The zero-order valence-electron chi connectivity index (χ0n) is 22.9. The van der Waals surface area contributed by atoms with E-state index in [0.717, 1.165) is 25.7 Å². The summed E-state index contributed by atoms with van der Waals surface area (Å²) in [5.41, 5.74) is -0.984. The van der Waals surface area contributed by atoms with E-state index >= 15 is 0 Å². The number of hydrogen-bond donors (Lipinski definition) is 4.